The van der Waals surface area contributed by atoms with Crippen LogP contribution in [0.2, 0.25) is 0 Å². The maximum atomic E-state index is 12.8. The van der Waals surface area contributed by atoms with E-state index in [0.29, 0.717) is 49.3 Å². The second-order valence-corrected chi connectivity index (χ2v) is 9.71. The number of nitrogens with zero attached hydrogens (tertiary/aromatic N) is 3. The van der Waals surface area contributed by atoms with Crippen LogP contribution in [0, 0.1) is 18.3 Å². The van der Waals surface area contributed by atoms with Gasteiger partial charge in [-0.15, -0.1) is 11.3 Å². The van der Waals surface area contributed by atoms with E-state index in [-0.39, 0.29) is 18.2 Å². The average molecular weight is 489 g/mol. The van der Waals surface area contributed by atoms with Gasteiger partial charge in [0.1, 0.15) is 16.8 Å². The summed E-state index contributed by atoms with van der Waals surface area (Å²) in [5, 5.41) is 13.3. The molecule has 0 atom stereocenters. The lowest BCUT2D eigenvalue weighted by Gasteiger charge is -2.27. The van der Waals surface area contributed by atoms with Gasteiger partial charge in [0.15, 0.2) is 0 Å². The van der Waals surface area contributed by atoms with Crippen molar-refractivity contribution in [1.29, 1.82) is 5.26 Å². The van der Waals surface area contributed by atoms with Gasteiger partial charge in [-0.1, -0.05) is 23.8 Å². The van der Waals surface area contributed by atoms with Crippen molar-refractivity contribution >= 4 is 28.2 Å². The molecule has 0 radical (unpaired) electrons. The number of hydrogen-bond acceptors (Lipinski definition) is 6. The molecule has 7 nitrogen and oxygen atoms in total. The van der Waals surface area contributed by atoms with E-state index in [1.807, 2.05) is 42.2 Å². The molecule has 8 heteroatoms. The predicted octanol–water partition coefficient (Wildman–Crippen LogP) is 4.42. The maximum Gasteiger partial charge on any atom is 0.225 e. The Bertz CT molecular complexity index is 1260. The van der Waals surface area contributed by atoms with Gasteiger partial charge in [0, 0.05) is 36.7 Å². The molecule has 0 bridgehead atoms. The topological polar surface area (TPSA) is 95.3 Å². The van der Waals surface area contributed by atoms with Gasteiger partial charge in [0.25, 0.3) is 0 Å². The maximum absolute atomic E-state index is 12.8. The number of aryl methyl sites for hydroxylation is 3. The lowest BCUT2D eigenvalue weighted by Crippen LogP contribution is -2.35. The summed E-state index contributed by atoms with van der Waals surface area (Å²) in [5.41, 5.74) is 4.60. The minimum absolute atomic E-state index is 0.0871. The van der Waals surface area contributed by atoms with Crippen LogP contribution in [0.3, 0.4) is 0 Å². The third-order valence-electron chi connectivity index (χ3n) is 6.18. The molecule has 1 N–H and O–H groups in total. The molecule has 4 rings (SSSR count). The third-order valence-corrected chi connectivity index (χ3v) is 7.31. The van der Waals surface area contributed by atoms with E-state index in [1.165, 1.54) is 11.3 Å². The zero-order chi connectivity index (χ0) is 24.8. The van der Waals surface area contributed by atoms with E-state index in [0.717, 1.165) is 32.9 Å². The number of benzene rings is 1. The predicted molar refractivity (Wildman–Crippen MR) is 135 cm³/mol. The number of rotatable bonds is 8. The quantitative estimate of drug-likeness (QED) is 0.506. The number of fused-ring (bicyclic) bond motifs is 1. The lowest BCUT2D eigenvalue weighted by atomic mass is 10.0. The molecule has 0 aliphatic carbocycles. The zero-order valence-electron chi connectivity index (χ0n) is 20.0. The Labute approximate surface area is 209 Å². The minimum Gasteiger partial charge on any atom is -0.496 e. The van der Waals surface area contributed by atoms with Crippen molar-refractivity contribution in [1.82, 2.24) is 9.88 Å². The SMILES string of the molecule is COc1ccc(C)cc1CCC(=O)Nc1sc2c(c1C#N)CCN(C(=O)CCc1cccnc1)C2. The molecule has 2 amide bonds. The van der Waals surface area contributed by atoms with E-state index in [9.17, 15) is 14.9 Å². The Balaban J connectivity index is 1.38. The first-order valence-electron chi connectivity index (χ1n) is 11.6. The Morgan fingerprint density at radius 2 is 2.11 bits per heavy atom. The number of ether oxygens (including phenoxy) is 1. The van der Waals surface area contributed by atoms with Crippen molar-refractivity contribution in [3.63, 3.8) is 0 Å². The largest absolute Gasteiger partial charge is 0.496 e. The van der Waals surface area contributed by atoms with Gasteiger partial charge in [-0.2, -0.15) is 5.26 Å². The summed E-state index contributed by atoms with van der Waals surface area (Å²) in [6.07, 6.45) is 6.01. The lowest BCUT2D eigenvalue weighted by molar-refractivity contribution is -0.132. The number of hydrogen-bond donors (Lipinski definition) is 1. The summed E-state index contributed by atoms with van der Waals surface area (Å²) in [6, 6.07) is 12.0. The molecule has 0 unspecified atom stereocenters. The van der Waals surface area contributed by atoms with Gasteiger partial charge >= 0.3 is 0 Å². The molecule has 0 spiro atoms. The van der Waals surface area contributed by atoms with Crippen LogP contribution in [-0.2, 0) is 35.4 Å². The first kappa shape index (κ1) is 24.4. The normalized spacial score (nSPS) is 12.5. The van der Waals surface area contributed by atoms with Crippen LogP contribution in [0.5, 0.6) is 5.75 Å². The van der Waals surface area contributed by atoms with Crippen molar-refractivity contribution in [2.75, 3.05) is 19.0 Å². The molecule has 3 heterocycles. The summed E-state index contributed by atoms with van der Waals surface area (Å²) >= 11 is 1.40. The molecule has 0 fully saturated rings. The molecular weight excluding hydrogens is 460 g/mol. The fourth-order valence-electron chi connectivity index (χ4n) is 4.32. The van der Waals surface area contributed by atoms with Gasteiger partial charge in [0.2, 0.25) is 11.8 Å². The Kier molecular flexibility index (Phi) is 7.78. The number of nitrogens with one attached hydrogen (secondary N) is 1. The summed E-state index contributed by atoms with van der Waals surface area (Å²) in [4.78, 5) is 32.4. The molecule has 0 saturated carbocycles. The number of methoxy groups -OCH3 is 1. The molecule has 1 aromatic carbocycles. The van der Waals surface area contributed by atoms with Crippen molar-refractivity contribution in [3.8, 4) is 11.8 Å². The second-order valence-electron chi connectivity index (χ2n) is 8.61. The van der Waals surface area contributed by atoms with Crippen molar-refractivity contribution in [3.05, 3.63) is 75.4 Å². The number of carbonyl (C=O) groups excluding carboxylic acids is 2. The monoisotopic (exact) mass is 488 g/mol. The fourth-order valence-corrected chi connectivity index (χ4v) is 5.55. The molecule has 35 heavy (non-hydrogen) atoms. The number of aromatic nitrogens is 1. The number of nitriles is 1. The van der Waals surface area contributed by atoms with Crippen LogP contribution >= 0.6 is 11.3 Å². The number of carbonyl (C=O) groups is 2. The highest BCUT2D eigenvalue weighted by Gasteiger charge is 2.27. The number of amides is 2. The van der Waals surface area contributed by atoms with Crippen molar-refractivity contribution in [2.24, 2.45) is 0 Å². The molecule has 0 saturated heterocycles. The van der Waals surface area contributed by atoms with E-state index in [1.54, 1.807) is 19.5 Å². The second kappa shape index (κ2) is 11.2. The standard InChI is InChI=1S/C27H28N4O3S/c1-18-5-8-23(34-2)20(14-18)7-9-25(32)30-27-22(15-28)21-11-13-31(17-24(21)35-27)26(33)10-6-19-4-3-12-29-16-19/h3-5,8,12,14,16H,6-7,9-11,13,17H2,1-2H3,(H,30,32). The highest BCUT2D eigenvalue weighted by molar-refractivity contribution is 7.16. The van der Waals surface area contributed by atoms with Gasteiger partial charge < -0.3 is 15.0 Å². The van der Waals surface area contributed by atoms with E-state index >= 15 is 0 Å². The third kappa shape index (κ3) is 5.87. The van der Waals surface area contributed by atoms with E-state index < -0.39 is 0 Å². The highest BCUT2D eigenvalue weighted by Crippen LogP contribution is 2.37. The van der Waals surface area contributed by atoms with E-state index in [2.05, 4.69) is 16.4 Å². The van der Waals surface area contributed by atoms with Crippen LogP contribution in [0.25, 0.3) is 0 Å². The molecule has 2 aromatic heterocycles. The smallest absolute Gasteiger partial charge is 0.225 e. The number of anilines is 1. The van der Waals surface area contributed by atoms with E-state index in [4.69, 9.17) is 4.74 Å². The van der Waals surface area contributed by atoms with Gasteiger partial charge in [0.05, 0.1) is 19.2 Å². The van der Waals surface area contributed by atoms with Gasteiger partial charge in [-0.3, -0.25) is 14.6 Å². The number of pyridine rings is 1. The minimum atomic E-state index is -0.145. The summed E-state index contributed by atoms with van der Waals surface area (Å²) < 4.78 is 5.41. The van der Waals surface area contributed by atoms with Crippen molar-refractivity contribution < 1.29 is 14.3 Å². The van der Waals surface area contributed by atoms with Gasteiger partial charge in [-0.25, -0.2) is 0 Å². The molecule has 1 aliphatic heterocycles. The molecule has 3 aromatic rings. The first-order chi connectivity index (χ1) is 17.0. The van der Waals surface area contributed by atoms with Crippen LogP contribution in [-0.4, -0.2) is 35.4 Å². The number of thiophene rings is 1. The molecule has 180 valence electrons. The Morgan fingerprint density at radius 1 is 1.26 bits per heavy atom. The van der Waals surface area contributed by atoms with Crippen LogP contribution in [0.1, 0.15) is 45.5 Å². The molecular formula is C27H28N4O3S. The fraction of sp³-hybridized carbons (Fsp3) is 0.333. The zero-order valence-corrected chi connectivity index (χ0v) is 20.8. The van der Waals surface area contributed by atoms with Crippen molar-refractivity contribution in [2.45, 2.75) is 45.6 Å². The summed E-state index contributed by atoms with van der Waals surface area (Å²) in [6.45, 7) is 3.05. The first-order valence-corrected chi connectivity index (χ1v) is 12.4. The van der Waals surface area contributed by atoms with Crippen LogP contribution in [0.15, 0.2) is 42.7 Å². The average Bonchev–Trinajstić information content (AvgIpc) is 3.22. The summed E-state index contributed by atoms with van der Waals surface area (Å²) in [7, 11) is 1.62. The highest BCUT2D eigenvalue weighted by atomic mass is 32.1. The van der Waals surface area contributed by atoms with Gasteiger partial charge in [-0.05, 0) is 55.0 Å². The Morgan fingerprint density at radius 3 is 2.86 bits per heavy atom. The summed E-state index contributed by atoms with van der Waals surface area (Å²) in [5.74, 6) is 0.707. The molecule has 1 aliphatic rings. The Hall–Kier alpha value is -3.70. The van der Waals surface area contributed by atoms with Crippen LogP contribution < -0.4 is 10.1 Å². The van der Waals surface area contributed by atoms with Crippen LogP contribution in [0.4, 0.5) is 5.00 Å².